The number of rotatable bonds is 8. The molecule has 118 valence electrons. The van der Waals surface area contributed by atoms with E-state index in [2.05, 4.69) is 10.2 Å². The van der Waals surface area contributed by atoms with Gasteiger partial charge in [-0.15, -0.1) is 0 Å². The zero-order valence-electron chi connectivity index (χ0n) is 12.3. The highest BCUT2D eigenvalue weighted by atomic mass is 35.5. The van der Waals surface area contributed by atoms with Crippen LogP contribution in [0.25, 0.3) is 0 Å². The summed E-state index contributed by atoms with van der Waals surface area (Å²) in [6.07, 6.45) is 4.54. The molecule has 0 aliphatic carbocycles. The summed E-state index contributed by atoms with van der Waals surface area (Å²) in [4.78, 5) is 2.39. The van der Waals surface area contributed by atoms with Crippen LogP contribution in [0.15, 0.2) is 18.2 Å². The molecule has 0 saturated carbocycles. The second-order valence-electron chi connectivity index (χ2n) is 5.63. The van der Waals surface area contributed by atoms with E-state index in [1.54, 1.807) is 6.07 Å². The minimum Gasteiger partial charge on any atom is -0.395 e. The van der Waals surface area contributed by atoms with Gasteiger partial charge in [-0.2, -0.15) is 0 Å². The van der Waals surface area contributed by atoms with Gasteiger partial charge in [-0.1, -0.05) is 17.7 Å². The molecule has 1 atom stereocenters. The molecule has 0 amide bonds. The maximum Gasteiger partial charge on any atom is 0.124 e. The molecule has 5 heteroatoms. The predicted octanol–water partition coefficient (Wildman–Crippen LogP) is 2.81. The van der Waals surface area contributed by atoms with E-state index in [4.69, 9.17) is 11.6 Å². The van der Waals surface area contributed by atoms with Gasteiger partial charge in [0.15, 0.2) is 0 Å². The van der Waals surface area contributed by atoms with Crippen LogP contribution in [0.2, 0.25) is 5.02 Å². The number of aliphatic hydroxyl groups excluding tert-OH is 1. The average Bonchev–Trinajstić information content (AvgIpc) is 2.92. The van der Waals surface area contributed by atoms with Crippen molar-refractivity contribution in [2.24, 2.45) is 0 Å². The van der Waals surface area contributed by atoms with Crippen LogP contribution >= 0.6 is 11.6 Å². The Morgan fingerprint density at radius 2 is 2.24 bits per heavy atom. The fraction of sp³-hybridized carbons (Fsp3) is 0.625. The lowest BCUT2D eigenvalue weighted by molar-refractivity contribution is 0.157. The van der Waals surface area contributed by atoms with E-state index in [-0.39, 0.29) is 12.4 Å². The summed E-state index contributed by atoms with van der Waals surface area (Å²) in [7, 11) is 0. The monoisotopic (exact) mass is 314 g/mol. The van der Waals surface area contributed by atoms with Crippen LogP contribution in [0.3, 0.4) is 0 Å². The first-order chi connectivity index (χ1) is 10.2. The van der Waals surface area contributed by atoms with E-state index in [9.17, 15) is 9.50 Å². The third-order valence-corrected chi connectivity index (χ3v) is 4.44. The molecule has 0 radical (unpaired) electrons. The number of nitrogens with zero attached hydrogens (tertiary/aromatic N) is 1. The van der Waals surface area contributed by atoms with Crippen molar-refractivity contribution in [3.63, 3.8) is 0 Å². The largest absolute Gasteiger partial charge is 0.395 e. The van der Waals surface area contributed by atoms with E-state index >= 15 is 0 Å². The Labute approximate surface area is 131 Å². The molecule has 1 aromatic carbocycles. The highest BCUT2D eigenvalue weighted by molar-refractivity contribution is 6.31. The van der Waals surface area contributed by atoms with Gasteiger partial charge in [0.2, 0.25) is 0 Å². The van der Waals surface area contributed by atoms with Crippen LogP contribution in [-0.2, 0) is 6.54 Å². The van der Waals surface area contributed by atoms with Crippen LogP contribution in [-0.4, -0.2) is 42.3 Å². The van der Waals surface area contributed by atoms with E-state index in [1.807, 2.05) is 0 Å². The van der Waals surface area contributed by atoms with E-state index in [0.717, 1.165) is 44.5 Å². The predicted molar refractivity (Wildman–Crippen MR) is 84.0 cm³/mol. The fourth-order valence-corrected chi connectivity index (χ4v) is 3.08. The molecular formula is C16H24ClFN2O. The van der Waals surface area contributed by atoms with Crippen LogP contribution in [0, 0.1) is 5.82 Å². The van der Waals surface area contributed by atoms with Crippen molar-refractivity contribution in [2.75, 3.05) is 26.2 Å². The molecule has 2 rings (SSSR count). The van der Waals surface area contributed by atoms with Crippen LogP contribution in [0.4, 0.5) is 4.39 Å². The van der Waals surface area contributed by atoms with Crippen molar-refractivity contribution in [2.45, 2.75) is 38.3 Å². The highest BCUT2D eigenvalue weighted by Gasteiger charge is 2.22. The molecule has 1 fully saturated rings. The maximum absolute atomic E-state index is 12.9. The molecule has 3 nitrogen and oxygen atoms in total. The second-order valence-corrected chi connectivity index (χ2v) is 6.04. The minimum atomic E-state index is -0.298. The number of nitrogens with one attached hydrogen (secondary N) is 1. The van der Waals surface area contributed by atoms with Crippen molar-refractivity contribution in [1.82, 2.24) is 10.2 Å². The van der Waals surface area contributed by atoms with Gasteiger partial charge in [-0.25, -0.2) is 4.39 Å². The Morgan fingerprint density at radius 1 is 1.38 bits per heavy atom. The number of hydrogen-bond donors (Lipinski definition) is 2. The summed E-state index contributed by atoms with van der Waals surface area (Å²) >= 11 is 5.98. The first-order valence-corrected chi connectivity index (χ1v) is 8.08. The lowest BCUT2D eigenvalue weighted by Crippen LogP contribution is -2.33. The first-order valence-electron chi connectivity index (χ1n) is 7.70. The van der Waals surface area contributed by atoms with Gasteiger partial charge < -0.3 is 10.4 Å². The normalized spacial score (nSPS) is 19.3. The highest BCUT2D eigenvalue weighted by Crippen LogP contribution is 2.18. The molecule has 1 aliphatic rings. The second kappa shape index (κ2) is 8.69. The van der Waals surface area contributed by atoms with Gasteiger partial charge in [-0.05, 0) is 63.0 Å². The van der Waals surface area contributed by atoms with Gasteiger partial charge in [0, 0.05) is 17.6 Å². The van der Waals surface area contributed by atoms with Crippen LogP contribution < -0.4 is 5.32 Å². The van der Waals surface area contributed by atoms with Gasteiger partial charge >= 0.3 is 0 Å². The SMILES string of the molecule is OCC1CCCN1CCCCNCc1ccc(F)cc1Cl. The molecule has 1 unspecified atom stereocenters. The molecule has 0 spiro atoms. The number of halogens is 2. The molecule has 21 heavy (non-hydrogen) atoms. The molecule has 1 saturated heterocycles. The number of unbranched alkanes of at least 4 members (excludes halogenated alkanes) is 1. The molecule has 2 N–H and O–H groups in total. The Balaban J connectivity index is 1.58. The Kier molecular flexibility index (Phi) is 6.90. The standard InChI is InChI=1S/C16H24ClFN2O/c17-16-10-14(18)6-5-13(16)11-19-7-1-2-8-20-9-3-4-15(20)12-21/h5-6,10,15,19,21H,1-4,7-9,11-12H2. The van der Waals surface area contributed by atoms with Crippen LogP contribution in [0.1, 0.15) is 31.2 Å². The lowest BCUT2D eigenvalue weighted by atomic mass is 10.2. The summed E-state index contributed by atoms with van der Waals surface area (Å²) in [5.74, 6) is -0.298. The Hall–Kier alpha value is -0.680. The molecule has 1 aliphatic heterocycles. The summed E-state index contributed by atoms with van der Waals surface area (Å²) in [5.41, 5.74) is 0.929. The maximum atomic E-state index is 12.9. The summed E-state index contributed by atoms with van der Waals surface area (Å²) in [6.45, 7) is 4.04. The van der Waals surface area contributed by atoms with Gasteiger partial charge in [0.25, 0.3) is 0 Å². The zero-order chi connectivity index (χ0) is 15.1. The molecule has 0 bridgehead atoms. The van der Waals surface area contributed by atoms with Gasteiger partial charge in [0.05, 0.1) is 6.61 Å². The van der Waals surface area contributed by atoms with Crippen molar-refractivity contribution in [3.05, 3.63) is 34.6 Å². The fourth-order valence-electron chi connectivity index (χ4n) is 2.85. The van der Waals surface area contributed by atoms with Crippen molar-refractivity contribution in [3.8, 4) is 0 Å². The molecule has 0 aromatic heterocycles. The minimum absolute atomic E-state index is 0.279. The third kappa shape index (κ3) is 5.22. The summed E-state index contributed by atoms with van der Waals surface area (Å²) in [5, 5.41) is 13.1. The number of likely N-dealkylation sites (tertiary alicyclic amines) is 1. The third-order valence-electron chi connectivity index (χ3n) is 4.09. The Bertz CT molecular complexity index is 444. The van der Waals surface area contributed by atoms with E-state index < -0.39 is 0 Å². The number of benzene rings is 1. The topological polar surface area (TPSA) is 35.5 Å². The summed E-state index contributed by atoms with van der Waals surface area (Å²) < 4.78 is 12.9. The van der Waals surface area contributed by atoms with Crippen molar-refractivity contribution in [1.29, 1.82) is 0 Å². The van der Waals surface area contributed by atoms with E-state index in [1.165, 1.54) is 18.6 Å². The quantitative estimate of drug-likeness (QED) is 0.724. The number of hydrogen-bond acceptors (Lipinski definition) is 3. The first kappa shape index (κ1) is 16.7. The zero-order valence-corrected chi connectivity index (χ0v) is 13.1. The molecule has 1 heterocycles. The summed E-state index contributed by atoms with van der Waals surface area (Å²) in [6, 6.07) is 4.88. The van der Waals surface area contributed by atoms with E-state index in [0.29, 0.717) is 17.6 Å². The average molecular weight is 315 g/mol. The van der Waals surface area contributed by atoms with Crippen LogP contribution in [0.5, 0.6) is 0 Å². The molecular weight excluding hydrogens is 291 g/mol. The lowest BCUT2D eigenvalue weighted by Gasteiger charge is -2.22. The van der Waals surface area contributed by atoms with Gasteiger partial charge in [-0.3, -0.25) is 4.90 Å². The Morgan fingerprint density at radius 3 is 3.00 bits per heavy atom. The smallest absolute Gasteiger partial charge is 0.124 e. The number of aliphatic hydroxyl groups is 1. The van der Waals surface area contributed by atoms with Crippen molar-refractivity contribution >= 4 is 11.6 Å². The molecule has 1 aromatic rings. The van der Waals surface area contributed by atoms with Crippen molar-refractivity contribution < 1.29 is 9.50 Å². The van der Waals surface area contributed by atoms with Gasteiger partial charge in [0.1, 0.15) is 5.82 Å².